The number of aliphatic hydroxyl groups excluding tert-OH is 4. The van der Waals surface area contributed by atoms with E-state index in [0.29, 0.717) is 0 Å². The molecular weight excluding hydrogens is 196 g/mol. The summed E-state index contributed by atoms with van der Waals surface area (Å²) >= 11 is 0. The van der Waals surface area contributed by atoms with Crippen molar-refractivity contribution in [2.45, 2.75) is 24.1 Å². The summed E-state index contributed by atoms with van der Waals surface area (Å²) in [5.74, 6) is -2.60. The van der Waals surface area contributed by atoms with Crippen LogP contribution in [0, 0.1) is 0 Å². The van der Waals surface area contributed by atoms with Gasteiger partial charge in [0.25, 0.3) is 5.79 Å². The maximum atomic E-state index is 10.3. The van der Waals surface area contributed by atoms with Crippen LogP contribution in [0.3, 0.4) is 0 Å². The van der Waals surface area contributed by atoms with Crippen molar-refractivity contribution >= 4 is 6.29 Å². The van der Waals surface area contributed by atoms with Gasteiger partial charge < -0.3 is 30.3 Å². The zero-order valence-corrected chi connectivity index (χ0v) is 7.57. The van der Waals surface area contributed by atoms with Crippen LogP contribution in [0.15, 0.2) is 0 Å². The van der Waals surface area contributed by atoms with Gasteiger partial charge in [0.2, 0.25) is 0 Å². The Kier molecular flexibility index (Phi) is 5.13. The van der Waals surface area contributed by atoms with Gasteiger partial charge in [0.1, 0.15) is 18.3 Å². The molecule has 0 spiro atoms. The molecule has 0 unspecified atom stereocenters. The van der Waals surface area contributed by atoms with Crippen molar-refractivity contribution in [1.82, 2.24) is 0 Å². The van der Waals surface area contributed by atoms with Crippen molar-refractivity contribution in [3.8, 4) is 0 Å². The third-order valence-corrected chi connectivity index (χ3v) is 1.82. The van der Waals surface area contributed by atoms with Gasteiger partial charge in [0.15, 0.2) is 6.29 Å². The monoisotopic (exact) mass is 210 g/mol. The van der Waals surface area contributed by atoms with Crippen LogP contribution in [0.1, 0.15) is 0 Å². The first-order valence-electron chi connectivity index (χ1n) is 3.81. The number of carbonyl (C=O) groups excluding carboxylic acids is 1. The average molecular weight is 210 g/mol. The molecule has 7 heteroatoms. The predicted molar refractivity (Wildman–Crippen MR) is 43.1 cm³/mol. The summed E-state index contributed by atoms with van der Waals surface area (Å²) in [7, 11) is 0.940. The normalized spacial score (nSPS) is 22.1. The Morgan fingerprint density at radius 3 is 2.21 bits per heavy atom. The molecule has 0 heterocycles. The van der Waals surface area contributed by atoms with E-state index in [4.69, 9.17) is 15.3 Å². The largest absolute Gasteiger partial charge is 0.394 e. The lowest BCUT2D eigenvalue weighted by Crippen LogP contribution is -2.55. The molecule has 4 atom stereocenters. The molecule has 14 heavy (non-hydrogen) atoms. The molecule has 0 aliphatic rings. The highest BCUT2D eigenvalue weighted by Crippen LogP contribution is 2.14. The summed E-state index contributed by atoms with van der Waals surface area (Å²) in [6, 6.07) is 0. The number of aldehydes is 1. The van der Waals surface area contributed by atoms with Gasteiger partial charge in [-0.1, -0.05) is 0 Å². The van der Waals surface area contributed by atoms with Crippen molar-refractivity contribution in [3.05, 3.63) is 0 Å². The van der Waals surface area contributed by atoms with Crippen molar-refractivity contribution in [3.63, 3.8) is 0 Å². The maximum absolute atomic E-state index is 10.3. The van der Waals surface area contributed by atoms with Crippen molar-refractivity contribution < 1.29 is 35.1 Å². The predicted octanol–water partition coefficient (Wildman–Crippen LogP) is -3.40. The fourth-order valence-electron chi connectivity index (χ4n) is 0.802. The summed E-state index contributed by atoms with van der Waals surface area (Å²) in [6.07, 6.45) is -5.74. The Balaban J connectivity index is 4.57. The molecule has 0 rings (SSSR count). The molecule has 0 aromatic heterocycles. The van der Waals surface area contributed by atoms with Gasteiger partial charge in [0, 0.05) is 7.11 Å². The second kappa shape index (κ2) is 5.35. The smallest absolute Gasteiger partial charge is 0.252 e. The Hall–Kier alpha value is -0.570. The zero-order chi connectivity index (χ0) is 11.4. The first kappa shape index (κ1) is 13.4. The number of hydrogen-bond donors (Lipinski definition) is 5. The third-order valence-electron chi connectivity index (χ3n) is 1.82. The van der Waals surface area contributed by atoms with Crippen molar-refractivity contribution in [2.75, 3.05) is 13.7 Å². The van der Waals surface area contributed by atoms with Crippen LogP contribution in [-0.4, -0.2) is 69.6 Å². The highest BCUT2D eigenvalue weighted by Gasteiger charge is 2.42. The minimum Gasteiger partial charge on any atom is -0.394 e. The van der Waals surface area contributed by atoms with Crippen LogP contribution < -0.4 is 0 Å². The number of methoxy groups -OCH3 is 1. The van der Waals surface area contributed by atoms with Crippen LogP contribution in [-0.2, 0) is 9.53 Å². The minimum atomic E-state index is -2.60. The highest BCUT2D eigenvalue weighted by molar-refractivity contribution is 5.61. The van der Waals surface area contributed by atoms with Crippen molar-refractivity contribution in [2.24, 2.45) is 0 Å². The van der Waals surface area contributed by atoms with Crippen LogP contribution in [0.25, 0.3) is 0 Å². The minimum absolute atomic E-state index is 0.120. The molecule has 0 aliphatic heterocycles. The molecule has 0 fully saturated rings. The first-order chi connectivity index (χ1) is 6.42. The quantitative estimate of drug-likeness (QED) is 0.228. The molecule has 0 aliphatic carbocycles. The fraction of sp³-hybridized carbons (Fsp3) is 0.857. The molecule has 0 aromatic rings. The van der Waals surface area contributed by atoms with Crippen LogP contribution in [0.2, 0.25) is 0 Å². The van der Waals surface area contributed by atoms with E-state index in [1.54, 1.807) is 0 Å². The molecule has 5 N–H and O–H groups in total. The van der Waals surface area contributed by atoms with Crippen molar-refractivity contribution in [1.29, 1.82) is 0 Å². The number of hydrogen-bond acceptors (Lipinski definition) is 7. The molecule has 0 radical (unpaired) electrons. The zero-order valence-electron chi connectivity index (χ0n) is 7.57. The number of rotatable bonds is 6. The van der Waals surface area contributed by atoms with Crippen LogP contribution >= 0.6 is 0 Å². The van der Waals surface area contributed by atoms with E-state index in [1.807, 2.05) is 0 Å². The molecule has 0 saturated heterocycles. The second-order valence-corrected chi connectivity index (χ2v) is 2.76. The number of ether oxygens (including phenoxy) is 1. The van der Waals surface area contributed by atoms with E-state index in [1.165, 1.54) is 0 Å². The lowest BCUT2D eigenvalue weighted by molar-refractivity contribution is -0.249. The molecule has 7 nitrogen and oxygen atoms in total. The molecule has 0 bridgehead atoms. The molecular formula is C7H14O7. The summed E-state index contributed by atoms with van der Waals surface area (Å²) in [6.45, 7) is -0.823. The summed E-state index contributed by atoms with van der Waals surface area (Å²) in [5, 5.41) is 44.9. The Bertz CT molecular complexity index is 185. The van der Waals surface area contributed by atoms with Gasteiger partial charge in [-0.25, -0.2) is 0 Å². The second-order valence-electron chi connectivity index (χ2n) is 2.76. The van der Waals surface area contributed by atoms with Gasteiger partial charge in [-0.3, -0.25) is 4.79 Å². The van der Waals surface area contributed by atoms with E-state index in [2.05, 4.69) is 4.74 Å². The standard InChI is InChI=1S/C7H14O7/c1-14-7(13,3-9)6(12)5(11)4(10)2-8/h3-6,8,10-13H,2H2,1H3/t4-,5-,6+,7+/m1/s1. The molecule has 0 saturated carbocycles. The van der Waals surface area contributed by atoms with Crippen LogP contribution in [0.5, 0.6) is 0 Å². The van der Waals surface area contributed by atoms with E-state index >= 15 is 0 Å². The van der Waals surface area contributed by atoms with Crippen LogP contribution in [0.4, 0.5) is 0 Å². The van der Waals surface area contributed by atoms with E-state index in [-0.39, 0.29) is 6.29 Å². The lowest BCUT2D eigenvalue weighted by Gasteiger charge is -2.30. The maximum Gasteiger partial charge on any atom is 0.252 e. The summed E-state index contributed by atoms with van der Waals surface area (Å²) in [5.41, 5.74) is 0. The first-order valence-corrected chi connectivity index (χ1v) is 3.81. The number of aliphatic hydroxyl groups is 5. The summed E-state index contributed by atoms with van der Waals surface area (Å²) < 4.78 is 4.25. The highest BCUT2D eigenvalue weighted by atomic mass is 16.6. The van der Waals surface area contributed by atoms with Gasteiger partial charge in [0.05, 0.1) is 6.61 Å². The van der Waals surface area contributed by atoms with E-state index in [0.717, 1.165) is 7.11 Å². The summed E-state index contributed by atoms with van der Waals surface area (Å²) in [4.78, 5) is 10.3. The van der Waals surface area contributed by atoms with E-state index in [9.17, 15) is 15.0 Å². The van der Waals surface area contributed by atoms with E-state index < -0.39 is 30.7 Å². The van der Waals surface area contributed by atoms with Gasteiger partial charge in [-0.15, -0.1) is 0 Å². The van der Waals surface area contributed by atoms with Gasteiger partial charge in [-0.2, -0.15) is 0 Å². The Morgan fingerprint density at radius 1 is 1.43 bits per heavy atom. The van der Waals surface area contributed by atoms with Gasteiger partial charge >= 0.3 is 0 Å². The number of carbonyl (C=O) groups is 1. The fourth-order valence-corrected chi connectivity index (χ4v) is 0.802. The average Bonchev–Trinajstić information content (AvgIpc) is 2.24. The molecule has 0 amide bonds. The van der Waals surface area contributed by atoms with Gasteiger partial charge in [-0.05, 0) is 0 Å². The SMILES string of the molecule is CO[C@@](O)(C=O)[C@@H](O)[C@H](O)[C@H](O)CO. The Labute approximate surface area is 80.2 Å². The lowest BCUT2D eigenvalue weighted by atomic mass is 10.0. The molecule has 0 aromatic carbocycles. The Morgan fingerprint density at radius 2 is 1.93 bits per heavy atom. The molecule has 84 valence electrons. The third kappa shape index (κ3) is 2.71. The topological polar surface area (TPSA) is 127 Å².